The highest BCUT2D eigenvalue weighted by molar-refractivity contribution is 6.01. The highest BCUT2D eigenvalue weighted by Gasteiger charge is 2.45. The molecule has 0 unspecified atom stereocenters. The lowest BCUT2D eigenvalue weighted by molar-refractivity contribution is -0.160. The van der Waals surface area contributed by atoms with Crippen molar-refractivity contribution >= 4 is 18.0 Å². The molecule has 0 aliphatic heterocycles. The standard InChI is InChI=1S/C16H14O4/c17-14(18)16(15(19)20)10-4-7-13(11-16)9-8-12-5-2-1-3-6-12/h1-10H,11H2,(H,17,18)(H,19,20). The smallest absolute Gasteiger partial charge is 0.325 e. The minimum Gasteiger partial charge on any atom is -0.480 e. The molecule has 0 amide bonds. The molecule has 0 fully saturated rings. The first-order valence-corrected chi connectivity index (χ1v) is 6.13. The number of allylic oxidation sites excluding steroid dienone is 4. The molecule has 20 heavy (non-hydrogen) atoms. The molecule has 102 valence electrons. The van der Waals surface area contributed by atoms with Gasteiger partial charge in [0.15, 0.2) is 5.41 Å². The molecular formula is C16H14O4. The second-order valence-electron chi connectivity index (χ2n) is 4.60. The molecule has 0 aromatic heterocycles. The molecule has 1 aliphatic carbocycles. The Kier molecular flexibility index (Phi) is 3.84. The van der Waals surface area contributed by atoms with Crippen molar-refractivity contribution < 1.29 is 19.8 Å². The Bertz CT molecular complexity index is 595. The fraction of sp³-hybridized carbons (Fsp3) is 0.125. The summed E-state index contributed by atoms with van der Waals surface area (Å²) in [5.74, 6) is -2.69. The summed E-state index contributed by atoms with van der Waals surface area (Å²) < 4.78 is 0. The van der Waals surface area contributed by atoms with Crippen LogP contribution in [-0.2, 0) is 9.59 Å². The molecule has 2 rings (SSSR count). The number of aliphatic carboxylic acids is 2. The van der Waals surface area contributed by atoms with Gasteiger partial charge in [0.05, 0.1) is 0 Å². The van der Waals surface area contributed by atoms with Gasteiger partial charge in [0.1, 0.15) is 0 Å². The number of hydrogen-bond acceptors (Lipinski definition) is 2. The fourth-order valence-corrected chi connectivity index (χ4v) is 2.04. The van der Waals surface area contributed by atoms with Gasteiger partial charge in [-0.25, -0.2) is 0 Å². The predicted octanol–water partition coefficient (Wildman–Crippen LogP) is 2.74. The molecule has 1 aromatic carbocycles. The Morgan fingerprint density at radius 2 is 1.70 bits per heavy atom. The molecule has 0 saturated heterocycles. The second-order valence-corrected chi connectivity index (χ2v) is 4.60. The first kappa shape index (κ1) is 13.8. The van der Waals surface area contributed by atoms with Crippen molar-refractivity contribution in [1.82, 2.24) is 0 Å². The van der Waals surface area contributed by atoms with Crippen LogP contribution in [0.3, 0.4) is 0 Å². The summed E-state index contributed by atoms with van der Waals surface area (Å²) in [5.41, 5.74) is -0.231. The van der Waals surface area contributed by atoms with Crippen LogP contribution in [0.5, 0.6) is 0 Å². The van der Waals surface area contributed by atoms with Crippen molar-refractivity contribution in [2.45, 2.75) is 6.42 Å². The van der Waals surface area contributed by atoms with E-state index in [0.29, 0.717) is 5.57 Å². The van der Waals surface area contributed by atoms with Gasteiger partial charge in [-0.1, -0.05) is 60.7 Å². The van der Waals surface area contributed by atoms with E-state index in [1.807, 2.05) is 36.4 Å². The van der Waals surface area contributed by atoms with E-state index >= 15 is 0 Å². The van der Waals surface area contributed by atoms with Gasteiger partial charge in [-0.15, -0.1) is 0 Å². The summed E-state index contributed by atoms with van der Waals surface area (Å²) in [6.07, 6.45) is 7.95. The molecular weight excluding hydrogens is 256 g/mol. The van der Waals surface area contributed by atoms with Crippen LogP contribution in [0.25, 0.3) is 6.08 Å². The number of carboxylic acids is 2. The third-order valence-corrected chi connectivity index (χ3v) is 3.23. The van der Waals surface area contributed by atoms with Gasteiger partial charge in [-0.3, -0.25) is 9.59 Å². The van der Waals surface area contributed by atoms with E-state index in [1.165, 1.54) is 12.2 Å². The van der Waals surface area contributed by atoms with Crippen molar-refractivity contribution in [3.8, 4) is 0 Å². The third-order valence-electron chi connectivity index (χ3n) is 3.23. The largest absolute Gasteiger partial charge is 0.480 e. The Morgan fingerprint density at radius 1 is 1.05 bits per heavy atom. The molecule has 0 atom stereocenters. The second kappa shape index (κ2) is 5.57. The van der Waals surface area contributed by atoms with E-state index in [9.17, 15) is 19.8 Å². The SMILES string of the molecule is O=C(O)C1(C(=O)O)C=CC=C(C=Cc2ccccc2)C1. The van der Waals surface area contributed by atoms with Crippen LogP contribution in [0.2, 0.25) is 0 Å². The Balaban J connectivity index is 2.22. The lowest BCUT2D eigenvalue weighted by Gasteiger charge is -2.23. The first-order valence-electron chi connectivity index (χ1n) is 6.13. The summed E-state index contributed by atoms with van der Waals surface area (Å²) in [6.45, 7) is 0. The van der Waals surface area contributed by atoms with Crippen molar-refractivity contribution in [2.24, 2.45) is 5.41 Å². The molecule has 0 saturated carbocycles. The van der Waals surface area contributed by atoms with Crippen molar-refractivity contribution in [2.75, 3.05) is 0 Å². The summed E-state index contributed by atoms with van der Waals surface area (Å²) in [6, 6.07) is 9.52. The maximum absolute atomic E-state index is 11.3. The van der Waals surface area contributed by atoms with E-state index in [0.717, 1.165) is 5.56 Å². The fourth-order valence-electron chi connectivity index (χ4n) is 2.04. The molecule has 4 heteroatoms. The number of carboxylic acid groups (broad SMARTS) is 2. The highest BCUT2D eigenvalue weighted by atomic mass is 16.4. The monoisotopic (exact) mass is 270 g/mol. The zero-order valence-electron chi connectivity index (χ0n) is 10.7. The molecule has 2 N–H and O–H groups in total. The lowest BCUT2D eigenvalue weighted by Crippen LogP contribution is -2.38. The van der Waals surface area contributed by atoms with Gasteiger partial charge in [-0.05, 0) is 11.1 Å². The first-order chi connectivity index (χ1) is 9.54. The van der Waals surface area contributed by atoms with E-state index in [4.69, 9.17) is 0 Å². The maximum Gasteiger partial charge on any atom is 0.325 e. The van der Waals surface area contributed by atoms with Crippen molar-refractivity contribution in [1.29, 1.82) is 0 Å². The Hall–Kier alpha value is -2.62. The van der Waals surface area contributed by atoms with E-state index in [1.54, 1.807) is 12.2 Å². The minimum atomic E-state index is -1.87. The molecule has 4 nitrogen and oxygen atoms in total. The van der Waals surface area contributed by atoms with Crippen LogP contribution in [0.1, 0.15) is 12.0 Å². The lowest BCUT2D eigenvalue weighted by atomic mass is 9.78. The summed E-state index contributed by atoms with van der Waals surface area (Å²) >= 11 is 0. The molecule has 1 aliphatic rings. The zero-order valence-corrected chi connectivity index (χ0v) is 10.7. The summed E-state index contributed by atoms with van der Waals surface area (Å²) in [5, 5.41) is 18.4. The van der Waals surface area contributed by atoms with Crippen LogP contribution in [0, 0.1) is 5.41 Å². The van der Waals surface area contributed by atoms with Gasteiger partial charge >= 0.3 is 11.9 Å². The molecule has 1 aromatic rings. The molecule has 0 spiro atoms. The average molecular weight is 270 g/mol. The average Bonchev–Trinajstić information content (AvgIpc) is 2.46. The number of rotatable bonds is 4. The van der Waals surface area contributed by atoms with E-state index < -0.39 is 17.4 Å². The minimum absolute atomic E-state index is 0.0580. The topological polar surface area (TPSA) is 74.6 Å². The molecule has 0 bridgehead atoms. The van der Waals surface area contributed by atoms with Crippen LogP contribution in [0.4, 0.5) is 0 Å². The van der Waals surface area contributed by atoms with E-state index in [-0.39, 0.29) is 6.42 Å². The van der Waals surface area contributed by atoms with Crippen LogP contribution in [-0.4, -0.2) is 22.2 Å². The van der Waals surface area contributed by atoms with Gasteiger partial charge in [0.25, 0.3) is 0 Å². The van der Waals surface area contributed by atoms with Crippen molar-refractivity contribution in [3.63, 3.8) is 0 Å². The Morgan fingerprint density at radius 3 is 2.30 bits per heavy atom. The highest BCUT2D eigenvalue weighted by Crippen LogP contribution is 2.33. The van der Waals surface area contributed by atoms with Gasteiger partial charge in [0, 0.05) is 6.42 Å². The van der Waals surface area contributed by atoms with Crippen molar-refractivity contribution in [3.05, 3.63) is 65.8 Å². The zero-order chi connectivity index (χ0) is 14.6. The predicted molar refractivity (Wildman–Crippen MR) is 75.0 cm³/mol. The number of hydrogen-bond donors (Lipinski definition) is 2. The third kappa shape index (κ3) is 2.69. The normalized spacial score (nSPS) is 16.9. The van der Waals surface area contributed by atoms with Gasteiger partial charge in [0.2, 0.25) is 0 Å². The quantitative estimate of drug-likeness (QED) is 0.825. The van der Waals surface area contributed by atoms with Gasteiger partial charge < -0.3 is 10.2 Å². The molecule has 0 radical (unpaired) electrons. The van der Waals surface area contributed by atoms with E-state index in [2.05, 4.69) is 0 Å². The van der Waals surface area contributed by atoms with Crippen LogP contribution < -0.4 is 0 Å². The van der Waals surface area contributed by atoms with Crippen LogP contribution in [0.15, 0.2) is 60.2 Å². The van der Waals surface area contributed by atoms with Crippen LogP contribution >= 0.6 is 0 Å². The number of benzene rings is 1. The Labute approximate surface area is 116 Å². The van der Waals surface area contributed by atoms with Gasteiger partial charge in [-0.2, -0.15) is 0 Å². The molecule has 0 heterocycles. The summed E-state index contributed by atoms with van der Waals surface area (Å²) in [4.78, 5) is 22.5. The maximum atomic E-state index is 11.3. The number of carbonyl (C=O) groups is 2. The summed E-state index contributed by atoms with van der Waals surface area (Å²) in [7, 11) is 0.